The van der Waals surface area contributed by atoms with Crippen molar-refractivity contribution in [3.8, 4) is 0 Å². The number of aldehydes is 1. The molecular weight excluding hydrogens is 168 g/mol. The Bertz CT molecular complexity index is 253. The van der Waals surface area contributed by atoms with Crippen LogP contribution >= 0.6 is 0 Å². The molecule has 1 aliphatic carbocycles. The van der Waals surface area contributed by atoms with Gasteiger partial charge in [-0.1, -0.05) is 19.4 Å². The van der Waals surface area contributed by atoms with Gasteiger partial charge in [0.25, 0.3) is 0 Å². The Kier molecular flexibility index (Phi) is 2.59. The number of hydrogen-bond acceptors (Lipinski definition) is 3. The number of hydrogen-bond donors (Lipinski definition) is 2. The van der Waals surface area contributed by atoms with Crippen LogP contribution < -0.4 is 0 Å². The third kappa shape index (κ3) is 1.54. The van der Waals surface area contributed by atoms with Crippen molar-refractivity contribution in [2.75, 3.05) is 0 Å². The molecule has 0 saturated carbocycles. The van der Waals surface area contributed by atoms with E-state index in [9.17, 15) is 15.0 Å². The molecule has 0 aromatic carbocycles. The van der Waals surface area contributed by atoms with Crippen LogP contribution in [0.3, 0.4) is 0 Å². The lowest BCUT2D eigenvalue weighted by Crippen LogP contribution is -2.45. The predicted octanol–water partition coefficient (Wildman–Crippen LogP) is 0.653. The van der Waals surface area contributed by atoms with Gasteiger partial charge in [0.2, 0.25) is 0 Å². The molecule has 0 radical (unpaired) electrons. The molecule has 0 spiro atoms. The van der Waals surface area contributed by atoms with Crippen LogP contribution in [0.15, 0.2) is 11.1 Å². The maximum atomic E-state index is 10.8. The van der Waals surface area contributed by atoms with E-state index in [4.69, 9.17) is 0 Å². The van der Waals surface area contributed by atoms with Crippen molar-refractivity contribution in [3.63, 3.8) is 0 Å². The maximum absolute atomic E-state index is 10.8. The van der Waals surface area contributed by atoms with Crippen LogP contribution in [0.25, 0.3) is 0 Å². The van der Waals surface area contributed by atoms with E-state index in [1.165, 1.54) is 0 Å². The monoisotopic (exact) mass is 184 g/mol. The second-order valence-corrected chi connectivity index (χ2v) is 4.25. The summed E-state index contributed by atoms with van der Waals surface area (Å²) in [6.07, 6.45) is -0.432. The lowest BCUT2D eigenvalue weighted by Gasteiger charge is -2.39. The minimum Gasteiger partial charge on any atom is -0.390 e. The molecule has 0 amide bonds. The van der Waals surface area contributed by atoms with E-state index in [0.29, 0.717) is 12.0 Å². The number of rotatable bonds is 1. The molecule has 3 heteroatoms. The van der Waals surface area contributed by atoms with Gasteiger partial charge >= 0.3 is 0 Å². The second-order valence-electron chi connectivity index (χ2n) is 4.25. The largest absolute Gasteiger partial charge is 0.390 e. The lowest BCUT2D eigenvalue weighted by molar-refractivity contribution is -0.108. The number of aliphatic hydroxyl groups is 2. The van der Waals surface area contributed by atoms with Gasteiger partial charge in [-0.05, 0) is 18.9 Å². The van der Waals surface area contributed by atoms with Crippen LogP contribution in [0, 0.1) is 5.41 Å². The Morgan fingerprint density at radius 3 is 2.46 bits per heavy atom. The highest BCUT2D eigenvalue weighted by molar-refractivity contribution is 5.77. The van der Waals surface area contributed by atoms with E-state index in [0.717, 1.165) is 11.9 Å². The van der Waals surface area contributed by atoms with Gasteiger partial charge in [0, 0.05) is 5.41 Å². The first-order valence-corrected chi connectivity index (χ1v) is 4.42. The van der Waals surface area contributed by atoms with Crippen molar-refractivity contribution >= 4 is 6.29 Å². The highest BCUT2D eigenvalue weighted by Gasteiger charge is 2.41. The van der Waals surface area contributed by atoms with E-state index in [1.54, 1.807) is 13.8 Å². The summed E-state index contributed by atoms with van der Waals surface area (Å²) in [5.41, 5.74) is 0.854. The van der Waals surface area contributed by atoms with Gasteiger partial charge in [-0.2, -0.15) is 0 Å². The fourth-order valence-corrected chi connectivity index (χ4v) is 1.98. The van der Waals surface area contributed by atoms with Gasteiger partial charge in [0.05, 0.1) is 12.2 Å². The molecule has 2 atom stereocenters. The van der Waals surface area contributed by atoms with Crippen LogP contribution in [0.1, 0.15) is 27.2 Å². The molecule has 0 bridgehead atoms. The summed E-state index contributed by atoms with van der Waals surface area (Å²) >= 11 is 0. The Balaban J connectivity index is 3.15. The summed E-state index contributed by atoms with van der Waals surface area (Å²) in [6, 6.07) is 0. The Hall–Kier alpha value is -0.670. The van der Waals surface area contributed by atoms with Crippen molar-refractivity contribution in [1.29, 1.82) is 0 Å². The molecular formula is C10H16O3. The number of carbonyl (C=O) groups excluding carboxylic acids is 1. The molecule has 1 aliphatic rings. The quantitative estimate of drug-likeness (QED) is 0.588. The fourth-order valence-electron chi connectivity index (χ4n) is 1.98. The Labute approximate surface area is 78.1 Å². The molecule has 0 aromatic heterocycles. The van der Waals surface area contributed by atoms with Gasteiger partial charge in [-0.15, -0.1) is 0 Å². The van der Waals surface area contributed by atoms with Crippen molar-refractivity contribution in [2.45, 2.75) is 39.4 Å². The zero-order valence-electron chi connectivity index (χ0n) is 8.24. The first-order valence-electron chi connectivity index (χ1n) is 4.42. The first kappa shape index (κ1) is 10.4. The standard InChI is InChI=1S/C10H16O3/c1-6-4-8(12)9(13)10(2,3)7(6)5-11/h5,8-9,12-13H,4H2,1-3H3/t8-,9-/m1/s1. The summed E-state index contributed by atoms with van der Waals surface area (Å²) in [6.45, 7) is 5.36. The highest BCUT2D eigenvalue weighted by Crippen LogP contribution is 2.39. The van der Waals surface area contributed by atoms with Crippen LogP contribution in [-0.4, -0.2) is 28.7 Å². The third-order valence-corrected chi connectivity index (χ3v) is 2.89. The van der Waals surface area contributed by atoms with Crippen LogP contribution in [-0.2, 0) is 4.79 Å². The van der Waals surface area contributed by atoms with Gasteiger partial charge in [0.15, 0.2) is 0 Å². The topological polar surface area (TPSA) is 57.5 Å². The average Bonchev–Trinajstić information content (AvgIpc) is 2.01. The van der Waals surface area contributed by atoms with Crippen molar-refractivity contribution in [1.82, 2.24) is 0 Å². The van der Waals surface area contributed by atoms with Crippen molar-refractivity contribution in [2.24, 2.45) is 5.41 Å². The number of carbonyl (C=O) groups is 1. The molecule has 1 rings (SSSR count). The summed E-state index contributed by atoms with van der Waals surface area (Å²) in [7, 11) is 0. The Morgan fingerprint density at radius 1 is 1.46 bits per heavy atom. The van der Waals surface area contributed by atoms with Crippen LogP contribution in [0.2, 0.25) is 0 Å². The third-order valence-electron chi connectivity index (χ3n) is 2.89. The van der Waals surface area contributed by atoms with Gasteiger partial charge < -0.3 is 10.2 Å². The smallest absolute Gasteiger partial charge is 0.146 e. The van der Waals surface area contributed by atoms with Crippen LogP contribution in [0.5, 0.6) is 0 Å². The van der Waals surface area contributed by atoms with E-state index in [-0.39, 0.29) is 0 Å². The molecule has 0 aromatic rings. The number of aliphatic hydroxyl groups excluding tert-OH is 2. The summed E-state index contributed by atoms with van der Waals surface area (Å²) in [5.74, 6) is 0. The van der Waals surface area contributed by atoms with Gasteiger partial charge in [-0.25, -0.2) is 0 Å². The minimum atomic E-state index is -0.851. The fraction of sp³-hybridized carbons (Fsp3) is 0.700. The normalized spacial score (nSPS) is 33.3. The summed E-state index contributed by atoms with van der Waals surface area (Å²) in [5, 5.41) is 19.2. The van der Waals surface area contributed by atoms with Crippen molar-refractivity contribution in [3.05, 3.63) is 11.1 Å². The molecule has 0 heterocycles. The zero-order chi connectivity index (χ0) is 10.2. The average molecular weight is 184 g/mol. The van der Waals surface area contributed by atoms with E-state index >= 15 is 0 Å². The molecule has 0 unspecified atom stereocenters. The Morgan fingerprint density at radius 2 is 2.00 bits per heavy atom. The molecule has 0 fully saturated rings. The first-order chi connectivity index (χ1) is 5.91. The molecule has 2 N–H and O–H groups in total. The van der Waals surface area contributed by atoms with Crippen LogP contribution in [0.4, 0.5) is 0 Å². The van der Waals surface area contributed by atoms with E-state index in [2.05, 4.69) is 0 Å². The molecule has 13 heavy (non-hydrogen) atoms. The van der Waals surface area contributed by atoms with Crippen molar-refractivity contribution < 1.29 is 15.0 Å². The molecule has 0 aliphatic heterocycles. The molecule has 0 saturated heterocycles. The molecule has 3 nitrogen and oxygen atoms in total. The zero-order valence-corrected chi connectivity index (χ0v) is 8.24. The summed E-state index contributed by atoms with van der Waals surface area (Å²) in [4.78, 5) is 10.8. The molecule has 74 valence electrons. The highest BCUT2D eigenvalue weighted by atomic mass is 16.3. The maximum Gasteiger partial charge on any atom is 0.146 e. The lowest BCUT2D eigenvalue weighted by atomic mass is 9.70. The minimum absolute atomic E-state index is 0.388. The van der Waals surface area contributed by atoms with E-state index < -0.39 is 17.6 Å². The summed E-state index contributed by atoms with van der Waals surface area (Å²) < 4.78 is 0. The van der Waals surface area contributed by atoms with Gasteiger partial charge in [-0.3, -0.25) is 4.79 Å². The predicted molar refractivity (Wildman–Crippen MR) is 49.2 cm³/mol. The van der Waals surface area contributed by atoms with E-state index in [1.807, 2.05) is 6.92 Å². The van der Waals surface area contributed by atoms with Gasteiger partial charge in [0.1, 0.15) is 6.29 Å². The SMILES string of the molecule is CC1=C(C=O)C(C)(C)[C@H](O)[C@H](O)C1. The second kappa shape index (κ2) is 3.24.